The van der Waals surface area contributed by atoms with Crippen LogP contribution in [-0.4, -0.2) is 11.1 Å². The van der Waals surface area contributed by atoms with E-state index in [0.717, 1.165) is 4.90 Å². The van der Waals surface area contributed by atoms with Gasteiger partial charge < -0.3 is 9.84 Å². The van der Waals surface area contributed by atoms with Crippen LogP contribution in [0.25, 0.3) is 0 Å². The lowest BCUT2D eigenvalue weighted by molar-refractivity contribution is 0.0729. The van der Waals surface area contributed by atoms with E-state index in [-0.39, 0.29) is 22.4 Å². The van der Waals surface area contributed by atoms with E-state index in [1.807, 2.05) is 54.6 Å². The number of para-hydroxylation sites is 2. The third kappa shape index (κ3) is 4.33. The Balaban J connectivity index is 1.70. The normalized spacial score (nSPS) is 10.7. The van der Waals surface area contributed by atoms with Crippen molar-refractivity contribution in [2.24, 2.45) is 0 Å². The standard InChI is InChI=1S/C25H18O3S/c26-23-16-7-8-17-24(23)28-25(27)19-10-9-15-22(18-19)29(20-11-3-1-4-12-20)21-13-5-2-6-14-21/h1-18H/p+1. The van der Waals surface area contributed by atoms with Gasteiger partial charge >= 0.3 is 5.97 Å². The maximum atomic E-state index is 12.7. The average Bonchev–Trinajstić information content (AvgIpc) is 2.77. The van der Waals surface area contributed by atoms with E-state index in [9.17, 15) is 9.90 Å². The second-order valence-corrected chi connectivity index (χ2v) is 8.34. The van der Waals surface area contributed by atoms with Gasteiger partial charge in [0, 0.05) is 6.07 Å². The minimum Gasteiger partial charge on any atom is -0.504 e. The molecule has 0 unspecified atom stereocenters. The molecule has 0 saturated heterocycles. The lowest BCUT2D eigenvalue weighted by Crippen LogP contribution is -2.11. The van der Waals surface area contributed by atoms with Crippen molar-refractivity contribution in [2.75, 3.05) is 0 Å². The van der Waals surface area contributed by atoms with Crippen LogP contribution < -0.4 is 4.74 Å². The number of aromatic hydroxyl groups is 1. The molecule has 0 aliphatic carbocycles. The second kappa shape index (κ2) is 8.67. The van der Waals surface area contributed by atoms with Crippen LogP contribution in [-0.2, 0) is 10.9 Å². The fourth-order valence-electron chi connectivity index (χ4n) is 2.97. The Labute approximate surface area is 172 Å². The molecule has 3 nitrogen and oxygen atoms in total. The molecule has 4 aromatic carbocycles. The minimum atomic E-state index is -0.502. The number of esters is 1. The number of phenolic OH excluding ortho intramolecular Hbond substituents is 1. The highest BCUT2D eigenvalue weighted by molar-refractivity contribution is 7.97. The highest BCUT2D eigenvalue weighted by atomic mass is 32.2. The molecule has 0 aliphatic heterocycles. The van der Waals surface area contributed by atoms with Gasteiger partial charge in [-0.15, -0.1) is 0 Å². The zero-order valence-corrected chi connectivity index (χ0v) is 16.4. The molecular weight excluding hydrogens is 380 g/mol. The van der Waals surface area contributed by atoms with Gasteiger partial charge in [0.1, 0.15) is 0 Å². The van der Waals surface area contributed by atoms with Gasteiger partial charge in [0.2, 0.25) is 0 Å². The Bertz CT molecular complexity index is 1070. The topological polar surface area (TPSA) is 46.5 Å². The van der Waals surface area contributed by atoms with Crippen molar-refractivity contribution in [1.82, 2.24) is 0 Å². The Morgan fingerprint density at radius 1 is 0.655 bits per heavy atom. The molecule has 0 spiro atoms. The summed E-state index contributed by atoms with van der Waals surface area (Å²) in [5.74, 6) is -0.420. The SMILES string of the molecule is O=C(Oc1ccccc1O)c1cccc([S+](c2ccccc2)c2ccccc2)c1. The predicted molar refractivity (Wildman–Crippen MR) is 115 cm³/mol. The first-order chi connectivity index (χ1) is 14.2. The van der Waals surface area contributed by atoms with Gasteiger partial charge in [-0.3, -0.25) is 0 Å². The molecule has 0 aromatic heterocycles. The van der Waals surface area contributed by atoms with Crippen LogP contribution in [0.5, 0.6) is 11.5 Å². The molecule has 0 radical (unpaired) electrons. The van der Waals surface area contributed by atoms with E-state index in [4.69, 9.17) is 4.74 Å². The van der Waals surface area contributed by atoms with Crippen molar-refractivity contribution in [2.45, 2.75) is 14.7 Å². The molecule has 0 atom stereocenters. The molecule has 142 valence electrons. The lowest BCUT2D eigenvalue weighted by Gasteiger charge is -2.10. The third-order valence-corrected chi connectivity index (χ3v) is 6.54. The number of ether oxygens (including phenoxy) is 1. The van der Waals surface area contributed by atoms with E-state index in [1.54, 1.807) is 24.3 Å². The molecule has 0 amide bonds. The van der Waals surface area contributed by atoms with Crippen LogP contribution >= 0.6 is 0 Å². The molecule has 0 heterocycles. The molecule has 29 heavy (non-hydrogen) atoms. The average molecular weight is 399 g/mol. The maximum absolute atomic E-state index is 12.7. The summed E-state index contributed by atoms with van der Waals surface area (Å²) in [6.07, 6.45) is 0. The molecule has 1 N–H and O–H groups in total. The van der Waals surface area contributed by atoms with Gasteiger partial charge in [-0.2, -0.15) is 0 Å². The monoisotopic (exact) mass is 399 g/mol. The summed E-state index contributed by atoms with van der Waals surface area (Å²) < 4.78 is 5.39. The maximum Gasteiger partial charge on any atom is 0.343 e. The highest BCUT2D eigenvalue weighted by Crippen LogP contribution is 2.32. The van der Waals surface area contributed by atoms with Crippen molar-refractivity contribution in [1.29, 1.82) is 0 Å². The number of phenols is 1. The highest BCUT2D eigenvalue weighted by Gasteiger charge is 2.29. The predicted octanol–water partition coefficient (Wildman–Crippen LogP) is 5.71. The summed E-state index contributed by atoms with van der Waals surface area (Å²) in [5.41, 5.74) is 0.440. The quantitative estimate of drug-likeness (QED) is 0.266. The summed E-state index contributed by atoms with van der Waals surface area (Å²) in [7, 11) is -0.349. The summed E-state index contributed by atoms with van der Waals surface area (Å²) >= 11 is 0. The van der Waals surface area contributed by atoms with Crippen LogP contribution in [0.15, 0.2) is 124 Å². The van der Waals surface area contributed by atoms with Crippen molar-refractivity contribution in [3.05, 3.63) is 115 Å². The summed E-state index contributed by atoms with van der Waals surface area (Å²) in [5, 5.41) is 9.87. The zero-order chi connectivity index (χ0) is 20.1. The lowest BCUT2D eigenvalue weighted by atomic mass is 10.2. The Morgan fingerprint density at radius 2 is 1.21 bits per heavy atom. The zero-order valence-electron chi connectivity index (χ0n) is 15.6. The molecule has 0 saturated carbocycles. The van der Waals surface area contributed by atoms with Crippen molar-refractivity contribution < 1.29 is 14.6 Å². The molecule has 4 aromatic rings. The summed E-state index contributed by atoms with van der Waals surface area (Å²) in [4.78, 5) is 16.0. The molecule has 4 rings (SSSR count). The van der Waals surface area contributed by atoms with E-state index >= 15 is 0 Å². The van der Waals surface area contributed by atoms with Crippen LogP contribution in [0.4, 0.5) is 0 Å². The second-order valence-electron chi connectivity index (χ2n) is 6.32. The Morgan fingerprint density at radius 3 is 1.83 bits per heavy atom. The first kappa shape index (κ1) is 18.8. The number of carbonyl (C=O) groups excluding carboxylic acids is 1. The molecular formula is C25H19O3S+. The molecule has 0 bridgehead atoms. The fraction of sp³-hybridized carbons (Fsp3) is 0. The van der Waals surface area contributed by atoms with E-state index in [2.05, 4.69) is 24.3 Å². The van der Waals surface area contributed by atoms with Gasteiger partial charge in [0.15, 0.2) is 26.2 Å². The van der Waals surface area contributed by atoms with Crippen LogP contribution in [0.1, 0.15) is 10.4 Å². The first-order valence-corrected chi connectivity index (χ1v) is 10.4. The first-order valence-electron chi connectivity index (χ1n) is 9.17. The van der Waals surface area contributed by atoms with Gasteiger partial charge in [-0.25, -0.2) is 4.79 Å². The Hall–Kier alpha value is -3.50. The van der Waals surface area contributed by atoms with Crippen molar-refractivity contribution in [3.63, 3.8) is 0 Å². The molecule has 0 aliphatic rings. The summed E-state index contributed by atoms with van der Waals surface area (Å²) in [6, 6.07) is 34.4. The van der Waals surface area contributed by atoms with Crippen LogP contribution in [0.2, 0.25) is 0 Å². The number of carbonyl (C=O) groups is 1. The van der Waals surface area contributed by atoms with Crippen molar-refractivity contribution in [3.8, 4) is 11.5 Å². The third-order valence-electron chi connectivity index (χ3n) is 4.33. The van der Waals surface area contributed by atoms with Gasteiger partial charge in [-0.05, 0) is 48.5 Å². The number of hydrogen-bond donors (Lipinski definition) is 1. The van der Waals surface area contributed by atoms with Gasteiger partial charge in [0.25, 0.3) is 0 Å². The van der Waals surface area contributed by atoms with E-state index < -0.39 is 5.97 Å². The van der Waals surface area contributed by atoms with Gasteiger partial charge in [-0.1, -0.05) is 54.6 Å². The Kier molecular flexibility index (Phi) is 5.63. The number of rotatable bonds is 5. The van der Waals surface area contributed by atoms with Crippen molar-refractivity contribution >= 4 is 16.9 Å². The fourth-order valence-corrected chi connectivity index (χ4v) is 5.11. The number of benzene rings is 4. The van der Waals surface area contributed by atoms with Crippen LogP contribution in [0.3, 0.4) is 0 Å². The largest absolute Gasteiger partial charge is 0.504 e. The molecule has 4 heteroatoms. The summed E-state index contributed by atoms with van der Waals surface area (Å²) in [6.45, 7) is 0. The van der Waals surface area contributed by atoms with Gasteiger partial charge in [0.05, 0.1) is 16.5 Å². The van der Waals surface area contributed by atoms with E-state index in [1.165, 1.54) is 15.9 Å². The minimum absolute atomic E-state index is 0.0645. The molecule has 0 fully saturated rings. The smallest absolute Gasteiger partial charge is 0.343 e. The van der Waals surface area contributed by atoms with E-state index in [0.29, 0.717) is 5.56 Å². The van der Waals surface area contributed by atoms with Crippen LogP contribution in [0, 0.1) is 0 Å². The number of hydrogen-bond acceptors (Lipinski definition) is 3.